The van der Waals surface area contributed by atoms with E-state index in [2.05, 4.69) is 52.8 Å². The van der Waals surface area contributed by atoms with Crippen molar-refractivity contribution in [3.05, 3.63) is 35.4 Å². The second-order valence-electron chi connectivity index (χ2n) is 8.41. The van der Waals surface area contributed by atoms with Crippen molar-refractivity contribution in [2.45, 2.75) is 33.2 Å². The van der Waals surface area contributed by atoms with Crippen LogP contribution >= 0.6 is 0 Å². The van der Waals surface area contributed by atoms with Gasteiger partial charge in [-0.2, -0.15) is 0 Å². The third-order valence-corrected chi connectivity index (χ3v) is 6.09. The van der Waals surface area contributed by atoms with E-state index < -0.39 is 0 Å². The van der Waals surface area contributed by atoms with Gasteiger partial charge in [-0.1, -0.05) is 31.2 Å². The molecule has 1 unspecified atom stereocenters. The van der Waals surface area contributed by atoms with Gasteiger partial charge in [0.15, 0.2) is 0 Å². The molecule has 3 rings (SSSR count). The van der Waals surface area contributed by atoms with E-state index in [0.717, 1.165) is 58.7 Å². The molecule has 1 amide bonds. The first-order valence-electron chi connectivity index (χ1n) is 9.96. The zero-order valence-corrected chi connectivity index (χ0v) is 16.4. The van der Waals surface area contributed by atoms with Crippen LogP contribution in [-0.2, 0) is 11.3 Å². The summed E-state index contributed by atoms with van der Waals surface area (Å²) in [5.74, 6) is 0.281. The first-order chi connectivity index (χ1) is 12.5. The average Bonchev–Trinajstić information content (AvgIpc) is 2.85. The second kappa shape index (κ2) is 8.51. The third kappa shape index (κ3) is 4.84. The molecule has 1 aromatic carbocycles. The number of hydrogen-bond donors (Lipinski definition) is 1. The maximum absolute atomic E-state index is 12.8. The molecule has 0 spiro atoms. The van der Waals surface area contributed by atoms with Gasteiger partial charge in [-0.3, -0.25) is 14.6 Å². The number of hydrogen-bond acceptors (Lipinski definition) is 4. The predicted octanol–water partition coefficient (Wildman–Crippen LogP) is 1.70. The van der Waals surface area contributed by atoms with E-state index in [1.807, 2.05) is 0 Å². The number of aryl methyl sites for hydroxylation is 1. The summed E-state index contributed by atoms with van der Waals surface area (Å²) in [7, 11) is 0. The minimum atomic E-state index is 0.184. The molecule has 2 fully saturated rings. The molecule has 0 aliphatic carbocycles. The van der Waals surface area contributed by atoms with Crippen LogP contribution in [0.1, 0.15) is 30.9 Å². The number of nitrogens with zero attached hydrogens (tertiary/aromatic N) is 3. The lowest BCUT2D eigenvalue weighted by molar-refractivity contribution is -0.132. The van der Waals surface area contributed by atoms with Crippen LogP contribution in [0, 0.1) is 12.3 Å². The fourth-order valence-electron chi connectivity index (χ4n) is 4.13. The van der Waals surface area contributed by atoms with Crippen molar-refractivity contribution >= 4 is 5.91 Å². The second-order valence-corrected chi connectivity index (χ2v) is 8.41. The van der Waals surface area contributed by atoms with Gasteiger partial charge in [0.25, 0.3) is 0 Å². The van der Waals surface area contributed by atoms with Gasteiger partial charge >= 0.3 is 0 Å². The van der Waals surface area contributed by atoms with E-state index in [-0.39, 0.29) is 11.3 Å². The fourth-order valence-corrected chi connectivity index (χ4v) is 4.13. The number of rotatable bonds is 5. The minimum Gasteiger partial charge on any atom is -0.340 e. The van der Waals surface area contributed by atoms with Crippen LogP contribution in [0.25, 0.3) is 0 Å². The van der Waals surface area contributed by atoms with Crippen molar-refractivity contribution in [2.75, 3.05) is 52.4 Å². The van der Waals surface area contributed by atoms with Gasteiger partial charge in [-0.15, -0.1) is 0 Å². The fraction of sp³-hybridized carbons (Fsp3) is 0.667. The molecule has 2 saturated heterocycles. The van der Waals surface area contributed by atoms with Gasteiger partial charge in [-0.25, -0.2) is 0 Å². The molecular weight excluding hydrogens is 324 g/mol. The molecule has 0 bridgehead atoms. The van der Waals surface area contributed by atoms with E-state index in [9.17, 15) is 4.79 Å². The highest BCUT2D eigenvalue weighted by Crippen LogP contribution is 2.28. The quantitative estimate of drug-likeness (QED) is 0.870. The molecule has 144 valence electrons. The largest absolute Gasteiger partial charge is 0.340 e. The molecule has 5 heteroatoms. The number of carbonyl (C=O) groups excluding carboxylic acids is 1. The predicted molar refractivity (Wildman–Crippen MR) is 106 cm³/mol. The van der Waals surface area contributed by atoms with Crippen molar-refractivity contribution in [1.29, 1.82) is 0 Å². The molecule has 1 aromatic rings. The van der Waals surface area contributed by atoms with E-state index in [4.69, 9.17) is 5.73 Å². The zero-order valence-electron chi connectivity index (χ0n) is 16.4. The summed E-state index contributed by atoms with van der Waals surface area (Å²) in [6, 6.07) is 8.59. The molecule has 0 radical (unpaired) electrons. The SMILES string of the molecule is Cc1ccccc1CN1CCCN(C(=O)CN2CCC(C)(CN)C2)CC1. The van der Waals surface area contributed by atoms with Gasteiger partial charge in [0.05, 0.1) is 6.54 Å². The zero-order chi connectivity index (χ0) is 18.6. The Labute approximate surface area is 158 Å². The van der Waals surface area contributed by atoms with E-state index in [0.29, 0.717) is 13.1 Å². The van der Waals surface area contributed by atoms with Crippen LogP contribution < -0.4 is 5.73 Å². The summed E-state index contributed by atoms with van der Waals surface area (Å²) in [5.41, 5.74) is 8.81. The Hall–Kier alpha value is -1.43. The maximum Gasteiger partial charge on any atom is 0.236 e. The van der Waals surface area contributed by atoms with Gasteiger partial charge in [0.2, 0.25) is 5.91 Å². The number of amides is 1. The van der Waals surface area contributed by atoms with Crippen molar-refractivity contribution < 1.29 is 4.79 Å². The lowest BCUT2D eigenvalue weighted by Gasteiger charge is -2.26. The molecule has 0 saturated carbocycles. The van der Waals surface area contributed by atoms with Crippen molar-refractivity contribution in [3.63, 3.8) is 0 Å². The summed E-state index contributed by atoms with van der Waals surface area (Å²) < 4.78 is 0. The topological polar surface area (TPSA) is 52.8 Å². The Morgan fingerprint density at radius 1 is 1.12 bits per heavy atom. The van der Waals surface area contributed by atoms with Crippen molar-refractivity contribution in [3.8, 4) is 0 Å². The Morgan fingerprint density at radius 3 is 2.65 bits per heavy atom. The summed E-state index contributed by atoms with van der Waals surface area (Å²) in [5, 5.41) is 0. The highest BCUT2D eigenvalue weighted by atomic mass is 16.2. The summed E-state index contributed by atoms with van der Waals surface area (Å²) >= 11 is 0. The first kappa shape index (κ1) is 19.3. The Balaban J connectivity index is 1.49. The van der Waals surface area contributed by atoms with Crippen LogP contribution in [-0.4, -0.2) is 73.0 Å². The summed E-state index contributed by atoms with van der Waals surface area (Å²) in [4.78, 5) is 19.6. The maximum atomic E-state index is 12.8. The normalized spacial score (nSPS) is 25.4. The molecule has 2 N–H and O–H groups in total. The highest BCUT2D eigenvalue weighted by Gasteiger charge is 2.34. The molecule has 2 aliphatic rings. The number of likely N-dealkylation sites (tertiary alicyclic amines) is 1. The first-order valence-corrected chi connectivity index (χ1v) is 9.96. The minimum absolute atomic E-state index is 0.184. The lowest BCUT2D eigenvalue weighted by Crippen LogP contribution is -2.42. The number of carbonyl (C=O) groups is 1. The Bertz CT molecular complexity index is 620. The standard InChI is InChI=1S/C21H34N4O/c1-18-6-3-4-7-19(18)14-23-9-5-10-25(13-12-23)20(26)15-24-11-8-21(2,16-22)17-24/h3-4,6-7H,5,8-17,22H2,1-2H3. The van der Waals surface area contributed by atoms with E-state index >= 15 is 0 Å². The third-order valence-electron chi connectivity index (χ3n) is 6.09. The molecule has 26 heavy (non-hydrogen) atoms. The molecule has 2 heterocycles. The van der Waals surface area contributed by atoms with Gasteiger partial charge in [0, 0.05) is 39.3 Å². The van der Waals surface area contributed by atoms with E-state index in [1.54, 1.807) is 0 Å². The average molecular weight is 359 g/mol. The number of benzene rings is 1. The Kier molecular flexibility index (Phi) is 6.33. The van der Waals surface area contributed by atoms with Crippen LogP contribution in [0.4, 0.5) is 0 Å². The summed E-state index contributed by atoms with van der Waals surface area (Å²) in [6.45, 7) is 12.3. The molecule has 0 aromatic heterocycles. The van der Waals surface area contributed by atoms with Crippen molar-refractivity contribution in [2.24, 2.45) is 11.1 Å². The van der Waals surface area contributed by atoms with Gasteiger partial charge in [-0.05, 0) is 49.4 Å². The smallest absolute Gasteiger partial charge is 0.236 e. The van der Waals surface area contributed by atoms with Crippen LogP contribution in [0.2, 0.25) is 0 Å². The highest BCUT2D eigenvalue weighted by molar-refractivity contribution is 5.78. The summed E-state index contributed by atoms with van der Waals surface area (Å²) in [6.07, 6.45) is 2.15. The molecule has 2 aliphatic heterocycles. The van der Waals surface area contributed by atoms with Crippen LogP contribution in [0.5, 0.6) is 0 Å². The lowest BCUT2D eigenvalue weighted by atomic mass is 9.90. The van der Waals surface area contributed by atoms with Gasteiger partial charge in [0.1, 0.15) is 0 Å². The molecular formula is C21H34N4O. The van der Waals surface area contributed by atoms with Crippen LogP contribution in [0.3, 0.4) is 0 Å². The van der Waals surface area contributed by atoms with Crippen LogP contribution in [0.15, 0.2) is 24.3 Å². The number of nitrogens with two attached hydrogens (primary N) is 1. The Morgan fingerprint density at radius 2 is 1.92 bits per heavy atom. The van der Waals surface area contributed by atoms with Gasteiger partial charge < -0.3 is 10.6 Å². The van der Waals surface area contributed by atoms with Crippen molar-refractivity contribution in [1.82, 2.24) is 14.7 Å². The van der Waals surface area contributed by atoms with E-state index in [1.165, 1.54) is 11.1 Å². The molecule has 1 atom stereocenters. The molecule has 5 nitrogen and oxygen atoms in total. The monoisotopic (exact) mass is 358 g/mol.